The second-order valence-corrected chi connectivity index (χ2v) is 4.92. The van der Waals surface area contributed by atoms with Crippen LogP contribution >= 0.6 is 0 Å². The normalized spacial score (nSPS) is 12.1. The second-order valence-electron chi connectivity index (χ2n) is 4.92. The van der Waals surface area contributed by atoms with Gasteiger partial charge in [0.25, 0.3) is 0 Å². The van der Waals surface area contributed by atoms with Crippen molar-refractivity contribution >= 4 is 0 Å². The van der Waals surface area contributed by atoms with Crippen LogP contribution < -0.4 is 5.73 Å². The number of benzene rings is 1. The molecule has 1 rings (SSSR count). The molecule has 0 aliphatic rings. The van der Waals surface area contributed by atoms with Crippen LogP contribution in [0.5, 0.6) is 0 Å². The zero-order valence-electron chi connectivity index (χ0n) is 11.1. The summed E-state index contributed by atoms with van der Waals surface area (Å²) < 4.78 is 5.17. The van der Waals surface area contributed by atoms with E-state index in [9.17, 15) is 0 Å². The first kappa shape index (κ1) is 14.2. The van der Waals surface area contributed by atoms with Crippen molar-refractivity contribution in [3.05, 3.63) is 35.9 Å². The molecule has 2 N–H and O–H groups in total. The molecular weight excluding hydrogens is 212 g/mol. The van der Waals surface area contributed by atoms with Crippen molar-refractivity contribution in [1.29, 1.82) is 0 Å². The van der Waals surface area contributed by atoms with E-state index < -0.39 is 0 Å². The SMILES string of the molecule is COCCN(Cc1ccccc1)C(C)(C)CN. The quantitative estimate of drug-likeness (QED) is 0.785. The second kappa shape index (κ2) is 6.74. The minimum absolute atomic E-state index is 0.00558. The maximum absolute atomic E-state index is 5.85. The molecule has 0 fully saturated rings. The highest BCUT2D eigenvalue weighted by Gasteiger charge is 2.24. The van der Waals surface area contributed by atoms with Gasteiger partial charge in [-0.3, -0.25) is 4.90 Å². The van der Waals surface area contributed by atoms with Crippen LogP contribution in [0, 0.1) is 0 Å². The van der Waals surface area contributed by atoms with E-state index in [0.29, 0.717) is 6.54 Å². The van der Waals surface area contributed by atoms with E-state index in [1.807, 2.05) is 6.07 Å². The molecule has 0 amide bonds. The summed E-state index contributed by atoms with van der Waals surface area (Å²) in [5.41, 5.74) is 7.15. The zero-order chi connectivity index (χ0) is 12.7. The number of hydrogen-bond acceptors (Lipinski definition) is 3. The van der Waals surface area contributed by atoms with Gasteiger partial charge in [-0.05, 0) is 19.4 Å². The van der Waals surface area contributed by atoms with Crippen LogP contribution in [-0.2, 0) is 11.3 Å². The average Bonchev–Trinajstić information content (AvgIpc) is 2.35. The summed E-state index contributed by atoms with van der Waals surface area (Å²) in [5.74, 6) is 0. The summed E-state index contributed by atoms with van der Waals surface area (Å²) in [6.45, 7) is 7.53. The molecule has 0 aromatic heterocycles. The van der Waals surface area contributed by atoms with Gasteiger partial charge >= 0.3 is 0 Å². The minimum Gasteiger partial charge on any atom is -0.383 e. The van der Waals surface area contributed by atoms with Gasteiger partial charge in [0.1, 0.15) is 0 Å². The lowest BCUT2D eigenvalue weighted by Gasteiger charge is -2.37. The Bertz CT molecular complexity index is 311. The molecule has 0 aliphatic carbocycles. The van der Waals surface area contributed by atoms with Crippen molar-refractivity contribution < 1.29 is 4.74 Å². The number of ether oxygens (including phenoxy) is 1. The Labute approximate surface area is 105 Å². The molecule has 3 heteroatoms. The van der Waals surface area contributed by atoms with E-state index in [0.717, 1.165) is 19.7 Å². The van der Waals surface area contributed by atoms with Crippen molar-refractivity contribution in [3.63, 3.8) is 0 Å². The van der Waals surface area contributed by atoms with Crippen molar-refractivity contribution in [2.75, 3.05) is 26.8 Å². The highest BCUT2D eigenvalue weighted by molar-refractivity contribution is 5.14. The van der Waals surface area contributed by atoms with Gasteiger partial charge in [0, 0.05) is 32.3 Å². The largest absolute Gasteiger partial charge is 0.383 e. The van der Waals surface area contributed by atoms with E-state index >= 15 is 0 Å². The Hall–Kier alpha value is -0.900. The lowest BCUT2D eigenvalue weighted by atomic mass is 10.0. The highest BCUT2D eigenvalue weighted by Crippen LogP contribution is 2.16. The van der Waals surface area contributed by atoms with Gasteiger partial charge in [0.15, 0.2) is 0 Å². The third-order valence-electron chi connectivity index (χ3n) is 3.14. The smallest absolute Gasteiger partial charge is 0.0590 e. The van der Waals surface area contributed by atoms with Crippen LogP contribution in [0.25, 0.3) is 0 Å². The molecule has 0 radical (unpaired) electrons. The fourth-order valence-electron chi connectivity index (χ4n) is 1.73. The summed E-state index contributed by atoms with van der Waals surface area (Å²) >= 11 is 0. The van der Waals surface area contributed by atoms with Gasteiger partial charge in [-0.15, -0.1) is 0 Å². The molecule has 0 heterocycles. The molecular formula is C14H24N2O. The molecule has 0 atom stereocenters. The molecule has 3 nitrogen and oxygen atoms in total. The molecule has 17 heavy (non-hydrogen) atoms. The third kappa shape index (κ3) is 4.46. The van der Waals surface area contributed by atoms with Crippen molar-refractivity contribution in [2.45, 2.75) is 25.9 Å². The first-order valence-corrected chi connectivity index (χ1v) is 6.08. The zero-order valence-corrected chi connectivity index (χ0v) is 11.1. The lowest BCUT2D eigenvalue weighted by molar-refractivity contribution is 0.0749. The molecule has 0 saturated heterocycles. The van der Waals surface area contributed by atoms with Gasteiger partial charge in [-0.2, -0.15) is 0 Å². The Kier molecular flexibility index (Phi) is 5.62. The van der Waals surface area contributed by atoms with Crippen molar-refractivity contribution in [1.82, 2.24) is 4.90 Å². The number of hydrogen-bond donors (Lipinski definition) is 1. The number of rotatable bonds is 7. The molecule has 0 spiro atoms. The summed E-state index contributed by atoms with van der Waals surface area (Å²) in [6.07, 6.45) is 0. The number of methoxy groups -OCH3 is 1. The van der Waals surface area contributed by atoms with E-state index in [2.05, 4.69) is 43.0 Å². The van der Waals surface area contributed by atoms with E-state index in [-0.39, 0.29) is 5.54 Å². The molecule has 96 valence electrons. The van der Waals surface area contributed by atoms with Gasteiger partial charge in [-0.1, -0.05) is 30.3 Å². The van der Waals surface area contributed by atoms with Crippen LogP contribution in [0.15, 0.2) is 30.3 Å². The van der Waals surface area contributed by atoms with Gasteiger partial charge in [-0.25, -0.2) is 0 Å². The molecule has 1 aromatic carbocycles. The first-order valence-electron chi connectivity index (χ1n) is 6.08. The molecule has 0 aliphatic heterocycles. The summed E-state index contributed by atoms with van der Waals surface area (Å²) in [5, 5.41) is 0. The predicted octanol–water partition coefficient (Wildman–Crippen LogP) is 1.87. The van der Waals surface area contributed by atoms with Gasteiger partial charge in [0.05, 0.1) is 6.61 Å². The van der Waals surface area contributed by atoms with E-state index in [1.165, 1.54) is 5.56 Å². The fourth-order valence-corrected chi connectivity index (χ4v) is 1.73. The van der Waals surface area contributed by atoms with Gasteiger partial charge < -0.3 is 10.5 Å². The van der Waals surface area contributed by atoms with Gasteiger partial charge in [0.2, 0.25) is 0 Å². The van der Waals surface area contributed by atoms with E-state index in [1.54, 1.807) is 7.11 Å². The molecule has 1 aromatic rings. The highest BCUT2D eigenvalue weighted by atomic mass is 16.5. The maximum atomic E-state index is 5.85. The van der Waals surface area contributed by atoms with Crippen LogP contribution in [0.3, 0.4) is 0 Å². The van der Waals surface area contributed by atoms with Crippen molar-refractivity contribution in [2.24, 2.45) is 5.73 Å². The Balaban J connectivity index is 2.70. The molecule has 0 bridgehead atoms. The standard InChI is InChI=1S/C14H24N2O/c1-14(2,12-15)16(9-10-17-3)11-13-7-5-4-6-8-13/h4-8H,9-12,15H2,1-3H3. The third-order valence-corrected chi connectivity index (χ3v) is 3.14. The van der Waals surface area contributed by atoms with E-state index in [4.69, 9.17) is 10.5 Å². The summed E-state index contributed by atoms with van der Waals surface area (Å²) in [4.78, 5) is 2.37. The predicted molar refractivity (Wildman–Crippen MR) is 71.9 cm³/mol. The Morgan fingerprint density at radius 2 is 1.88 bits per heavy atom. The van der Waals surface area contributed by atoms with Crippen LogP contribution in [0.4, 0.5) is 0 Å². The maximum Gasteiger partial charge on any atom is 0.0590 e. The minimum atomic E-state index is -0.00558. The first-order chi connectivity index (χ1) is 8.10. The number of nitrogens with two attached hydrogens (primary N) is 1. The average molecular weight is 236 g/mol. The molecule has 0 saturated carbocycles. The Morgan fingerprint density at radius 1 is 1.24 bits per heavy atom. The summed E-state index contributed by atoms with van der Waals surface area (Å²) in [7, 11) is 1.73. The fraction of sp³-hybridized carbons (Fsp3) is 0.571. The van der Waals surface area contributed by atoms with Crippen molar-refractivity contribution in [3.8, 4) is 0 Å². The summed E-state index contributed by atoms with van der Waals surface area (Å²) in [6, 6.07) is 10.5. The van der Waals surface area contributed by atoms with Crippen LogP contribution in [0.1, 0.15) is 19.4 Å². The number of nitrogens with zero attached hydrogens (tertiary/aromatic N) is 1. The Morgan fingerprint density at radius 3 is 2.41 bits per heavy atom. The topological polar surface area (TPSA) is 38.5 Å². The molecule has 0 unspecified atom stereocenters. The van der Waals surface area contributed by atoms with Crippen LogP contribution in [0.2, 0.25) is 0 Å². The monoisotopic (exact) mass is 236 g/mol. The van der Waals surface area contributed by atoms with Crippen LogP contribution in [-0.4, -0.2) is 37.2 Å². The lowest BCUT2D eigenvalue weighted by Crippen LogP contribution is -2.50.